The Morgan fingerprint density at radius 1 is 1.56 bits per heavy atom. The summed E-state index contributed by atoms with van der Waals surface area (Å²) in [4.78, 5) is 10.2. The van der Waals surface area contributed by atoms with Crippen LogP contribution in [0.15, 0.2) is 18.2 Å². The Kier molecular flexibility index (Phi) is 5.01. The van der Waals surface area contributed by atoms with Crippen molar-refractivity contribution < 1.29 is 13.9 Å². The smallest absolute Gasteiger partial charge is 0.404 e. The van der Waals surface area contributed by atoms with Crippen molar-refractivity contribution in [3.8, 4) is 0 Å². The average Bonchev–Trinajstić information content (AvgIpc) is 2.22. The molecule has 0 bridgehead atoms. The molecular formula is C10H12ClFN2O2. The van der Waals surface area contributed by atoms with E-state index in [1.54, 1.807) is 0 Å². The third-order valence-corrected chi connectivity index (χ3v) is 2.22. The van der Waals surface area contributed by atoms with E-state index in [0.717, 1.165) is 0 Å². The van der Waals surface area contributed by atoms with E-state index in [9.17, 15) is 9.18 Å². The van der Waals surface area contributed by atoms with Crippen LogP contribution in [0.5, 0.6) is 0 Å². The average molecular weight is 247 g/mol. The first kappa shape index (κ1) is 12.7. The SMILES string of the molecule is NC(=O)OCCNCc1cc(F)ccc1Cl. The van der Waals surface area contributed by atoms with Gasteiger partial charge >= 0.3 is 6.09 Å². The van der Waals surface area contributed by atoms with Crippen molar-refractivity contribution in [2.24, 2.45) is 5.73 Å². The summed E-state index contributed by atoms with van der Waals surface area (Å²) in [7, 11) is 0. The molecule has 0 aromatic heterocycles. The molecule has 4 nitrogen and oxygen atoms in total. The largest absolute Gasteiger partial charge is 0.448 e. The Bertz CT molecular complexity index is 374. The van der Waals surface area contributed by atoms with Gasteiger partial charge in [0.05, 0.1) is 0 Å². The van der Waals surface area contributed by atoms with Gasteiger partial charge in [-0.15, -0.1) is 0 Å². The molecule has 0 spiro atoms. The normalized spacial score (nSPS) is 10.1. The van der Waals surface area contributed by atoms with Gasteiger partial charge in [0, 0.05) is 18.1 Å². The number of ether oxygens (including phenoxy) is 1. The lowest BCUT2D eigenvalue weighted by molar-refractivity contribution is 0.157. The minimum absolute atomic E-state index is 0.169. The van der Waals surface area contributed by atoms with Gasteiger partial charge in [0.2, 0.25) is 0 Å². The zero-order valence-electron chi connectivity index (χ0n) is 8.50. The summed E-state index contributed by atoms with van der Waals surface area (Å²) in [5, 5.41) is 3.43. The highest BCUT2D eigenvalue weighted by Crippen LogP contribution is 2.16. The lowest BCUT2D eigenvalue weighted by atomic mass is 10.2. The van der Waals surface area contributed by atoms with Crippen LogP contribution in [-0.4, -0.2) is 19.2 Å². The molecule has 0 aliphatic rings. The van der Waals surface area contributed by atoms with E-state index in [0.29, 0.717) is 23.7 Å². The van der Waals surface area contributed by atoms with Crippen LogP contribution < -0.4 is 11.1 Å². The predicted octanol–water partition coefficient (Wildman–Crippen LogP) is 1.66. The van der Waals surface area contributed by atoms with E-state index in [4.69, 9.17) is 17.3 Å². The Morgan fingerprint density at radius 3 is 3.00 bits per heavy atom. The lowest BCUT2D eigenvalue weighted by Gasteiger charge is -2.06. The summed E-state index contributed by atoms with van der Waals surface area (Å²) in [6.45, 7) is 0.997. The summed E-state index contributed by atoms with van der Waals surface area (Å²) < 4.78 is 17.4. The van der Waals surface area contributed by atoms with Crippen LogP contribution in [0.4, 0.5) is 9.18 Å². The van der Waals surface area contributed by atoms with Crippen molar-refractivity contribution in [2.75, 3.05) is 13.2 Å². The zero-order chi connectivity index (χ0) is 12.0. The minimum atomic E-state index is -0.814. The van der Waals surface area contributed by atoms with Crippen LogP contribution in [0.2, 0.25) is 5.02 Å². The molecular weight excluding hydrogens is 235 g/mol. The molecule has 0 fully saturated rings. The van der Waals surface area contributed by atoms with Gasteiger partial charge in [-0.3, -0.25) is 0 Å². The number of nitrogens with one attached hydrogen (secondary N) is 1. The molecule has 0 radical (unpaired) electrons. The van der Waals surface area contributed by atoms with Crippen LogP contribution in [0.1, 0.15) is 5.56 Å². The van der Waals surface area contributed by atoms with Crippen LogP contribution >= 0.6 is 11.6 Å². The van der Waals surface area contributed by atoms with E-state index in [-0.39, 0.29) is 12.4 Å². The molecule has 1 aromatic rings. The second kappa shape index (κ2) is 6.30. The summed E-state index contributed by atoms with van der Waals surface area (Å²) in [6, 6.07) is 4.14. The van der Waals surface area contributed by atoms with Gasteiger partial charge in [-0.2, -0.15) is 0 Å². The standard InChI is InChI=1S/C10H12ClFN2O2/c11-9-2-1-8(12)5-7(9)6-14-3-4-16-10(13)15/h1-2,5,14H,3-4,6H2,(H2,13,15). The third kappa shape index (κ3) is 4.46. The van der Waals surface area contributed by atoms with E-state index in [1.165, 1.54) is 18.2 Å². The molecule has 1 aromatic carbocycles. The van der Waals surface area contributed by atoms with Crippen molar-refractivity contribution in [3.05, 3.63) is 34.6 Å². The molecule has 0 saturated heterocycles. The molecule has 1 rings (SSSR count). The van der Waals surface area contributed by atoms with E-state index in [1.807, 2.05) is 0 Å². The number of amides is 1. The number of rotatable bonds is 5. The Balaban J connectivity index is 2.31. The van der Waals surface area contributed by atoms with E-state index >= 15 is 0 Å². The van der Waals surface area contributed by atoms with Crippen molar-refractivity contribution in [2.45, 2.75) is 6.54 Å². The van der Waals surface area contributed by atoms with E-state index < -0.39 is 6.09 Å². The van der Waals surface area contributed by atoms with Gasteiger partial charge in [-0.25, -0.2) is 9.18 Å². The Labute approximate surface area is 97.5 Å². The fourth-order valence-corrected chi connectivity index (χ4v) is 1.31. The number of carbonyl (C=O) groups excluding carboxylic acids is 1. The van der Waals surface area contributed by atoms with Gasteiger partial charge in [0.15, 0.2) is 0 Å². The number of halogens is 2. The monoisotopic (exact) mass is 246 g/mol. The first-order valence-electron chi connectivity index (χ1n) is 4.66. The zero-order valence-corrected chi connectivity index (χ0v) is 9.26. The van der Waals surface area contributed by atoms with Crippen molar-refractivity contribution in [1.29, 1.82) is 0 Å². The van der Waals surface area contributed by atoms with Crippen LogP contribution in [0.25, 0.3) is 0 Å². The molecule has 0 heterocycles. The lowest BCUT2D eigenvalue weighted by Crippen LogP contribution is -2.23. The second-order valence-corrected chi connectivity index (χ2v) is 3.49. The number of hydrogen-bond acceptors (Lipinski definition) is 3. The second-order valence-electron chi connectivity index (χ2n) is 3.08. The topological polar surface area (TPSA) is 64.4 Å². The Morgan fingerprint density at radius 2 is 2.31 bits per heavy atom. The molecule has 1 amide bonds. The van der Waals surface area contributed by atoms with Gasteiger partial charge in [0.1, 0.15) is 12.4 Å². The highest BCUT2D eigenvalue weighted by Gasteiger charge is 2.01. The molecule has 0 atom stereocenters. The van der Waals surface area contributed by atoms with Gasteiger partial charge in [-0.05, 0) is 23.8 Å². The maximum atomic E-state index is 12.9. The number of nitrogens with two attached hydrogens (primary N) is 1. The molecule has 6 heteroatoms. The quantitative estimate of drug-likeness (QED) is 0.777. The summed E-state index contributed by atoms with van der Waals surface area (Å²) in [5.41, 5.74) is 5.42. The predicted molar refractivity (Wildman–Crippen MR) is 58.7 cm³/mol. The first-order chi connectivity index (χ1) is 7.59. The first-order valence-corrected chi connectivity index (χ1v) is 5.04. The molecule has 16 heavy (non-hydrogen) atoms. The maximum Gasteiger partial charge on any atom is 0.404 e. The summed E-state index contributed by atoms with van der Waals surface area (Å²) >= 11 is 5.85. The van der Waals surface area contributed by atoms with Crippen LogP contribution in [-0.2, 0) is 11.3 Å². The van der Waals surface area contributed by atoms with Crippen molar-refractivity contribution >= 4 is 17.7 Å². The molecule has 0 aliphatic heterocycles. The third-order valence-electron chi connectivity index (χ3n) is 1.85. The minimum Gasteiger partial charge on any atom is -0.448 e. The van der Waals surface area contributed by atoms with E-state index in [2.05, 4.69) is 10.1 Å². The van der Waals surface area contributed by atoms with Crippen molar-refractivity contribution in [3.63, 3.8) is 0 Å². The molecule has 88 valence electrons. The number of hydrogen-bond donors (Lipinski definition) is 2. The van der Waals surface area contributed by atoms with Gasteiger partial charge < -0.3 is 15.8 Å². The summed E-state index contributed by atoms with van der Waals surface area (Å²) in [6.07, 6.45) is -0.814. The Hall–Kier alpha value is -1.33. The highest BCUT2D eigenvalue weighted by molar-refractivity contribution is 6.31. The number of benzene rings is 1. The van der Waals surface area contributed by atoms with Gasteiger partial charge in [0.25, 0.3) is 0 Å². The van der Waals surface area contributed by atoms with Crippen molar-refractivity contribution in [1.82, 2.24) is 5.32 Å². The highest BCUT2D eigenvalue weighted by atomic mass is 35.5. The maximum absolute atomic E-state index is 12.9. The molecule has 0 aliphatic carbocycles. The van der Waals surface area contributed by atoms with Crippen LogP contribution in [0, 0.1) is 5.82 Å². The molecule has 0 unspecified atom stereocenters. The molecule has 0 saturated carbocycles. The fourth-order valence-electron chi connectivity index (χ4n) is 1.13. The number of carbonyl (C=O) groups is 1. The van der Waals surface area contributed by atoms with Gasteiger partial charge in [-0.1, -0.05) is 11.6 Å². The number of primary amides is 1. The fraction of sp³-hybridized carbons (Fsp3) is 0.300. The summed E-state index contributed by atoms with van der Waals surface area (Å²) in [5.74, 6) is -0.338. The van der Waals surface area contributed by atoms with Crippen LogP contribution in [0.3, 0.4) is 0 Å². The molecule has 3 N–H and O–H groups in total.